The molecule has 2 rings (SSSR count). The molecular weight excluding hydrogens is 138 g/mol. The topological polar surface area (TPSA) is 42.2 Å². The maximum absolute atomic E-state index is 5.70. The number of aromatic nitrogens is 1. The zero-order valence-corrected chi connectivity index (χ0v) is 6.54. The van der Waals surface area contributed by atoms with Gasteiger partial charge >= 0.3 is 0 Å². The molecular formula is C8H11N3. The van der Waals surface area contributed by atoms with Crippen molar-refractivity contribution < 1.29 is 0 Å². The monoisotopic (exact) mass is 149 g/mol. The number of fused-ring (bicyclic) bond motifs is 1. The van der Waals surface area contributed by atoms with Crippen molar-refractivity contribution in [3.8, 4) is 0 Å². The Bertz CT molecular complexity index is 283. The van der Waals surface area contributed by atoms with Gasteiger partial charge < -0.3 is 10.6 Å². The summed E-state index contributed by atoms with van der Waals surface area (Å²) in [6.07, 6.45) is 2.79. The molecule has 0 aliphatic carbocycles. The van der Waals surface area contributed by atoms with Gasteiger partial charge in [0.2, 0.25) is 0 Å². The molecule has 0 fully saturated rings. The van der Waals surface area contributed by atoms with E-state index in [1.807, 2.05) is 6.07 Å². The molecule has 0 saturated carbocycles. The van der Waals surface area contributed by atoms with Gasteiger partial charge in [0.15, 0.2) is 0 Å². The van der Waals surface area contributed by atoms with Gasteiger partial charge in [-0.2, -0.15) is 0 Å². The second kappa shape index (κ2) is 2.12. The normalized spacial score (nSPS) is 15.2. The third kappa shape index (κ3) is 0.843. The molecule has 1 aromatic rings. The Labute approximate surface area is 65.8 Å². The molecule has 1 aliphatic heterocycles. The van der Waals surface area contributed by atoms with E-state index < -0.39 is 0 Å². The van der Waals surface area contributed by atoms with Gasteiger partial charge in [0.25, 0.3) is 0 Å². The van der Waals surface area contributed by atoms with Crippen LogP contribution in [-0.2, 0) is 6.42 Å². The van der Waals surface area contributed by atoms with Gasteiger partial charge in [0, 0.05) is 31.0 Å². The zero-order chi connectivity index (χ0) is 7.84. The van der Waals surface area contributed by atoms with Crippen LogP contribution in [-0.4, -0.2) is 18.6 Å². The third-order valence-electron chi connectivity index (χ3n) is 2.17. The van der Waals surface area contributed by atoms with Gasteiger partial charge in [-0.25, -0.2) is 4.98 Å². The molecule has 3 heteroatoms. The van der Waals surface area contributed by atoms with Crippen LogP contribution in [0.4, 0.5) is 11.5 Å². The number of likely N-dealkylation sites (N-methyl/N-ethyl adjacent to an activating group) is 1. The van der Waals surface area contributed by atoms with Crippen molar-refractivity contribution in [2.24, 2.45) is 0 Å². The highest BCUT2D eigenvalue weighted by atomic mass is 15.1. The number of nitrogens with zero attached hydrogens (tertiary/aromatic N) is 2. The molecule has 0 spiro atoms. The number of hydrogen-bond acceptors (Lipinski definition) is 3. The average Bonchev–Trinajstić information content (AvgIpc) is 2.35. The fourth-order valence-corrected chi connectivity index (χ4v) is 1.51. The average molecular weight is 149 g/mol. The highest BCUT2D eigenvalue weighted by Crippen LogP contribution is 2.28. The van der Waals surface area contributed by atoms with Crippen LogP contribution in [0.2, 0.25) is 0 Å². The Kier molecular flexibility index (Phi) is 1.24. The molecule has 2 N–H and O–H groups in total. The summed E-state index contributed by atoms with van der Waals surface area (Å²) in [6.45, 7) is 1.06. The molecule has 0 unspecified atom stereocenters. The maximum atomic E-state index is 5.70. The molecule has 1 aromatic heterocycles. The van der Waals surface area contributed by atoms with Crippen molar-refractivity contribution >= 4 is 11.5 Å². The van der Waals surface area contributed by atoms with Crippen LogP contribution in [0, 0.1) is 0 Å². The Hall–Kier alpha value is -1.25. The SMILES string of the molecule is CN1CCc2c1ccnc2N. The highest BCUT2D eigenvalue weighted by molar-refractivity contribution is 5.64. The van der Waals surface area contributed by atoms with Crippen molar-refractivity contribution in [2.45, 2.75) is 6.42 Å². The van der Waals surface area contributed by atoms with Crippen LogP contribution in [0.1, 0.15) is 5.56 Å². The third-order valence-corrected chi connectivity index (χ3v) is 2.17. The van der Waals surface area contributed by atoms with E-state index in [4.69, 9.17) is 5.73 Å². The Morgan fingerprint density at radius 3 is 3.18 bits per heavy atom. The first kappa shape index (κ1) is 6.46. The molecule has 0 saturated heterocycles. The van der Waals surface area contributed by atoms with Crippen LogP contribution in [0.5, 0.6) is 0 Å². The van der Waals surface area contributed by atoms with E-state index in [0.29, 0.717) is 5.82 Å². The van der Waals surface area contributed by atoms with Crippen molar-refractivity contribution in [1.82, 2.24) is 4.98 Å². The fraction of sp³-hybridized carbons (Fsp3) is 0.375. The molecule has 1 aliphatic rings. The molecule has 2 heterocycles. The Morgan fingerprint density at radius 1 is 1.64 bits per heavy atom. The Morgan fingerprint density at radius 2 is 2.45 bits per heavy atom. The summed E-state index contributed by atoms with van der Waals surface area (Å²) in [6, 6.07) is 2.01. The van der Waals surface area contributed by atoms with Crippen LogP contribution in [0.25, 0.3) is 0 Å². The second-order valence-corrected chi connectivity index (χ2v) is 2.87. The van der Waals surface area contributed by atoms with Crippen molar-refractivity contribution in [3.63, 3.8) is 0 Å². The van der Waals surface area contributed by atoms with E-state index in [-0.39, 0.29) is 0 Å². The first-order chi connectivity index (χ1) is 5.29. The first-order valence-electron chi connectivity index (χ1n) is 3.73. The predicted octanol–water partition coefficient (Wildman–Crippen LogP) is 0.656. The van der Waals surface area contributed by atoms with Crippen LogP contribution < -0.4 is 10.6 Å². The molecule has 3 nitrogen and oxygen atoms in total. The van der Waals surface area contributed by atoms with E-state index in [9.17, 15) is 0 Å². The molecule has 0 bridgehead atoms. The van der Waals surface area contributed by atoms with E-state index in [2.05, 4.69) is 16.9 Å². The minimum Gasteiger partial charge on any atom is -0.383 e. The number of nitrogen functional groups attached to an aromatic ring is 1. The number of anilines is 2. The first-order valence-corrected chi connectivity index (χ1v) is 3.73. The quantitative estimate of drug-likeness (QED) is 0.589. The van der Waals surface area contributed by atoms with Gasteiger partial charge in [0.1, 0.15) is 5.82 Å². The summed E-state index contributed by atoms with van der Waals surface area (Å²) < 4.78 is 0. The molecule has 0 amide bonds. The lowest BCUT2D eigenvalue weighted by atomic mass is 10.2. The largest absolute Gasteiger partial charge is 0.383 e. The summed E-state index contributed by atoms with van der Waals surface area (Å²) in [5.41, 5.74) is 8.13. The lowest BCUT2D eigenvalue weighted by molar-refractivity contribution is 0.956. The fourth-order valence-electron chi connectivity index (χ4n) is 1.51. The summed E-state index contributed by atoms with van der Waals surface area (Å²) >= 11 is 0. The molecule has 0 radical (unpaired) electrons. The van der Waals surface area contributed by atoms with Crippen LogP contribution in [0.3, 0.4) is 0 Å². The van der Waals surface area contributed by atoms with Crippen molar-refractivity contribution in [3.05, 3.63) is 17.8 Å². The van der Waals surface area contributed by atoms with E-state index >= 15 is 0 Å². The summed E-state index contributed by atoms with van der Waals surface area (Å²) in [5, 5.41) is 0. The van der Waals surface area contributed by atoms with Crippen LogP contribution >= 0.6 is 0 Å². The van der Waals surface area contributed by atoms with Crippen LogP contribution in [0.15, 0.2) is 12.3 Å². The minimum absolute atomic E-state index is 0.687. The predicted molar refractivity (Wildman–Crippen MR) is 45.6 cm³/mol. The summed E-state index contributed by atoms with van der Waals surface area (Å²) in [7, 11) is 2.07. The summed E-state index contributed by atoms with van der Waals surface area (Å²) in [5.74, 6) is 0.687. The zero-order valence-electron chi connectivity index (χ0n) is 6.54. The Balaban J connectivity index is 2.57. The van der Waals surface area contributed by atoms with Gasteiger partial charge in [-0.05, 0) is 12.5 Å². The number of hydrogen-bond donors (Lipinski definition) is 1. The number of pyridine rings is 1. The molecule has 0 aromatic carbocycles. The van der Waals surface area contributed by atoms with E-state index in [1.54, 1.807) is 6.20 Å². The molecule has 11 heavy (non-hydrogen) atoms. The maximum Gasteiger partial charge on any atom is 0.128 e. The van der Waals surface area contributed by atoms with E-state index in [1.165, 1.54) is 11.3 Å². The molecule has 0 atom stereocenters. The minimum atomic E-state index is 0.687. The lowest BCUT2D eigenvalue weighted by Gasteiger charge is -2.10. The van der Waals surface area contributed by atoms with Gasteiger partial charge in [0.05, 0.1) is 0 Å². The standard InChI is InChI=1S/C8H11N3/c1-11-5-3-6-7(11)2-4-10-8(6)9/h2,4H,3,5H2,1H3,(H2,9,10). The lowest BCUT2D eigenvalue weighted by Crippen LogP contribution is -2.12. The number of nitrogens with two attached hydrogens (primary N) is 1. The van der Waals surface area contributed by atoms with Gasteiger partial charge in [-0.15, -0.1) is 0 Å². The van der Waals surface area contributed by atoms with E-state index in [0.717, 1.165) is 13.0 Å². The smallest absolute Gasteiger partial charge is 0.128 e. The van der Waals surface area contributed by atoms with Gasteiger partial charge in [-0.1, -0.05) is 0 Å². The number of rotatable bonds is 0. The van der Waals surface area contributed by atoms with Gasteiger partial charge in [-0.3, -0.25) is 0 Å². The molecule has 58 valence electrons. The van der Waals surface area contributed by atoms with Crippen molar-refractivity contribution in [1.29, 1.82) is 0 Å². The van der Waals surface area contributed by atoms with Crippen molar-refractivity contribution in [2.75, 3.05) is 24.2 Å². The summed E-state index contributed by atoms with van der Waals surface area (Å²) in [4.78, 5) is 6.24. The highest BCUT2D eigenvalue weighted by Gasteiger charge is 2.17. The second-order valence-electron chi connectivity index (χ2n) is 2.87.